The van der Waals surface area contributed by atoms with E-state index in [1.165, 1.54) is 0 Å². The summed E-state index contributed by atoms with van der Waals surface area (Å²) in [6, 6.07) is 0. The Bertz CT molecular complexity index is 316. The molecule has 1 aliphatic rings. The van der Waals surface area contributed by atoms with Crippen LogP contribution in [0.1, 0.15) is 61.3 Å². The van der Waals surface area contributed by atoms with Crippen molar-refractivity contribution in [3.63, 3.8) is 0 Å². The summed E-state index contributed by atoms with van der Waals surface area (Å²) in [5, 5.41) is 10.9. The second kappa shape index (κ2) is 8.31. The minimum atomic E-state index is -0.210. The minimum Gasteiger partial charge on any atom is -0.393 e. The quantitative estimate of drug-likeness (QED) is 0.786. The van der Waals surface area contributed by atoms with Crippen LogP contribution in [-0.4, -0.2) is 38.1 Å². The lowest BCUT2D eigenvalue weighted by Gasteiger charge is -2.49. The van der Waals surface area contributed by atoms with Crippen LogP contribution in [0.25, 0.3) is 0 Å². The molecule has 23 heavy (non-hydrogen) atoms. The molecule has 3 nitrogen and oxygen atoms in total. The van der Waals surface area contributed by atoms with Gasteiger partial charge in [0.1, 0.15) is 0 Å². The second-order valence-corrected chi connectivity index (χ2v) is 9.87. The van der Waals surface area contributed by atoms with E-state index in [1.807, 2.05) is 0 Å². The van der Waals surface area contributed by atoms with Crippen molar-refractivity contribution in [2.45, 2.75) is 67.4 Å². The fourth-order valence-corrected chi connectivity index (χ4v) is 4.01. The number of aliphatic hydroxyl groups excluding tert-OH is 1. The molecule has 3 heteroatoms. The Balaban J connectivity index is 2.69. The fourth-order valence-electron chi connectivity index (χ4n) is 4.01. The van der Waals surface area contributed by atoms with Crippen molar-refractivity contribution >= 4 is 0 Å². The summed E-state index contributed by atoms with van der Waals surface area (Å²) in [6.07, 6.45) is 1.92. The van der Waals surface area contributed by atoms with Crippen LogP contribution in [0.4, 0.5) is 0 Å². The topological polar surface area (TPSA) is 38.7 Å². The maximum Gasteiger partial charge on any atom is 0.0606 e. The maximum absolute atomic E-state index is 10.9. The molecular formula is C20H40O3. The van der Waals surface area contributed by atoms with Crippen molar-refractivity contribution in [3.05, 3.63) is 0 Å². The molecule has 0 amide bonds. The third-order valence-electron chi connectivity index (χ3n) is 5.43. The molecule has 1 fully saturated rings. The van der Waals surface area contributed by atoms with Gasteiger partial charge in [0.25, 0.3) is 0 Å². The van der Waals surface area contributed by atoms with Crippen LogP contribution in [0.5, 0.6) is 0 Å². The molecule has 3 atom stereocenters. The van der Waals surface area contributed by atoms with Crippen molar-refractivity contribution < 1.29 is 14.6 Å². The third kappa shape index (κ3) is 6.36. The van der Waals surface area contributed by atoms with E-state index in [4.69, 9.17) is 9.47 Å². The molecule has 0 aromatic carbocycles. The van der Waals surface area contributed by atoms with Crippen LogP contribution < -0.4 is 0 Å². The average Bonchev–Trinajstić information content (AvgIpc) is 2.38. The van der Waals surface area contributed by atoms with E-state index in [-0.39, 0.29) is 16.9 Å². The smallest absolute Gasteiger partial charge is 0.0606 e. The first-order chi connectivity index (χ1) is 10.5. The largest absolute Gasteiger partial charge is 0.393 e. The summed E-state index contributed by atoms with van der Waals surface area (Å²) in [7, 11) is 1.74. The zero-order valence-corrected chi connectivity index (χ0v) is 16.7. The summed E-state index contributed by atoms with van der Waals surface area (Å²) in [5.74, 6) is 1.66. The van der Waals surface area contributed by atoms with Crippen LogP contribution in [0.15, 0.2) is 0 Å². The molecule has 1 N–H and O–H groups in total. The highest BCUT2D eigenvalue weighted by atomic mass is 16.5. The van der Waals surface area contributed by atoms with Crippen LogP contribution in [-0.2, 0) is 9.47 Å². The maximum atomic E-state index is 10.9. The van der Waals surface area contributed by atoms with Gasteiger partial charge in [-0.1, -0.05) is 48.5 Å². The Labute approximate surface area is 144 Å². The van der Waals surface area contributed by atoms with Gasteiger partial charge in [0, 0.05) is 19.6 Å². The van der Waals surface area contributed by atoms with E-state index in [0.717, 1.165) is 32.7 Å². The molecule has 3 unspecified atom stereocenters. The second-order valence-electron chi connectivity index (χ2n) is 9.87. The van der Waals surface area contributed by atoms with Crippen LogP contribution in [0.3, 0.4) is 0 Å². The molecule has 1 rings (SSSR count). The average molecular weight is 329 g/mol. The lowest BCUT2D eigenvalue weighted by atomic mass is 9.59. The number of methoxy groups -OCH3 is 1. The van der Waals surface area contributed by atoms with Gasteiger partial charge in [0.15, 0.2) is 0 Å². The Morgan fingerprint density at radius 2 is 1.43 bits per heavy atom. The predicted octanol–water partition coefficient (Wildman–Crippen LogP) is 4.38. The van der Waals surface area contributed by atoms with Gasteiger partial charge in [-0.25, -0.2) is 0 Å². The monoisotopic (exact) mass is 328 g/mol. The molecule has 0 saturated heterocycles. The first-order valence-corrected chi connectivity index (χ1v) is 9.21. The Hall–Kier alpha value is -0.120. The van der Waals surface area contributed by atoms with Crippen LogP contribution >= 0.6 is 0 Å². The standard InChI is InChI=1S/C20H40O3/c1-14(11-22-8)12-23-13-15-9-16(19(2,3)4)18(21)17(10-15)20(5,6)7/h14-18,21H,9-13H2,1-8H3. The number of hydrogen-bond acceptors (Lipinski definition) is 3. The summed E-state index contributed by atoms with van der Waals surface area (Å²) in [6.45, 7) is 18.0. The number of aliphatic hydroxyl groups is 1. The summed E-state index contributed by atoms with van der Waals surface area (Å²) in [4.78, 5) is 0. The normalized spacial score (nSPS) is 31.2. The van der Waals surface area contributed by atoms with Gasteiger partial charge in [-0.15, -0.1) is 0 Å². The lowest BCUT2D eigenvalue weighted by Crippen LogP contribution is -2.48. The van der Waals surface area contributed by atoms with Crippen molar-refractivity contribution in [2.24, 2.45) is 34.5 Å². The summed E-state index contributed by atoms with van der Waals surface area (Å²) < 4.78 is 11.2. The molecule has 0 bridgehead atoms. The van der Waals surface area contributed by atoms with E-state index in [9.17, 15) is 5.11 Å². The van der Waals surface area contributed by atoms with Gasteiger partial charge >= 0.3 is 0 Å². The van der Waals surface area contributed by atoms with E-state index < -0.39 is 0 Å². The fraction of sp³-hybridized carbons (Fsp3) is 1.00. The van der Waals surface area contributed by atoms with Crippen LogP contribution in [0.2, 0.25) is 0 Å². The zero-order chi connectivity index (χ0) is 17.8. The first-order valence-electron chi connectivity index (χ1n) is 9.21. The van der Waals surface area contributed by atoms with Gasteiger partial charge in [-0.3, -0.25) is 0 Å². The summed E-state index contributed by atoms with van der Waals surface area (Å²) in [5.41, 5.74) is 0.260. The van der Waals surface area contributed by atoms with E-state index >= 15 is 0 Å². The number of ether oxygens (including phenoxy) is 2. The molecule has 0 aliphatic heterocycles. The van der Waals surface area contributed by atoms with Crippen molar-refractivity contribution in [1.82, 2.24) is 0 Å². The minimum absolute atomic E-state index is 0.130. The highest BCUT2D eigenvalue weighted by Gasteiger charge is 2.45. The molecule has 0 heterocycles. The molecular weight excluding hydrogens is 288 g/mol. The predicted molar refractivity (Wildman–Crippen MR) is 96.5 cm³/mol. The molecule has 0 aromatic rings. The molecule has 0 radical (unpaired) electrons. The Kier molecular flexibility index (Phi) is 7.56. The first kappa shape index (κ1) is 20.9. The summed E-state index contributed by atoms with van der Waals surface area (Å²) >= 11 is 0. The highest BCUT2D eigenvalue weighted by Crippen LogP contribution is 2.48. The SMILES string of the molecule is COCC(C)COCC1CC(C(C)(C)C)C(O)C(C(C)(C)C)C1. The Morgan fingerprint density at radius 1 is 0.957 bits per heavy atom. The van der Waals surface area contributed by atoms with Gasteiger partial charge in [-0.2, -0.15) is 0 Å². The molecule has 0 spiro atoms. The van der Waals surface area contributed by atoms with Gasteiger partial charge < -0.3 is 14.6 Å². The highest BCUT2D eigenvalue weighted by molar-refractivity contribution is 4.95. The number of rotatable bonds is 6. The third-order valence-corrected chi connectivity index (χ3v) is 5.43. The van der Waals surface area contributed by atoms with Gasteiger partial charge in [-0.05, 0) is 41.4 Å². The van der Waals surface area contributed by atoms with Gasteiger partial charge in [0.2, 0.25) is 0 Å². The van der Waals surface area contributed by atoms with Crippen molar-refractivity contribution in [3.8, 4) is 0 Å². The molecule has 138 valence electrons. The molecule has 0 aromatic heterocycles. The number of hydrogen-bond donors (Lipinski definition) is 1. The van der Waals surface area contributed by atoms with Crippen molar-refractivity contribution in [1.29, 1.82) is 0 Å². The zero-order valence-electron chi connectivity index (χ0n) is 16.7. The molecule has 1 saturated carbocycles. The molecule has 1 aliphatic carbocycles. The lowest BCUT2D eigenvalue weighted by molar-refractivity contribution is -0.0960. The Morgan fingerprint density at radius 3 is 1.83 bits per heavy atom. The van der Waals surface area contributed by atoms with E-state index in [1.54, 1.807) is 7.11 Å². The van der Waals surface area contributed by atoms with Crippen molar-refractivity contribution in [2.75, 3.05) is 26.9 Å². The van der Waals surface area contributed by atoms with E-state index in [2.05, 4.69) is 48.5 Å². The van der Waals surface area contributed by atoms with Crippen LogP contribution in [0, 0.1) is 34.5 Å². The van der Waals surface area contributed by atoms with Gasteiger partial charge in [0.05, 0.1) is 19.3 Å². The van der Waals surface area contributed by atoms with E-state index in [0.29, 0.717) is 23.7 Å².